The largest absolute Gasteiger partial charge is 0.321 e. The first-order chi connectivity index (χ1) is 8.97. The van der Waals surface area contributed by atoms with Crippen LogP contribution in [0.5, 0.6) is 0 Å². The Morgan fingerprint density at radius 1 is 1.00 bits per heavy atom. The number of amides is 1. The molecule has 0 heterocycles. The van der Waals surface area contributed by atoms with Crippen molar-refractivity contribution in [2.24, 2.45) is 0 Å². The second-order valence-corrected chi connectivity index (χ2v) is 5.87. The molecule has 0 aliphatic heterocycles. The van der Waals surface area contributed by atoms with Crippen LogP contribution in [0.3, 0.4) is 0 Å². The lowest BCUT2D eigenvalue weighted by Crippen LogP contribution is -2.12. The molecule has 2 nitrogen and oxygen atoms in total. The van der Waals surface area contributed by atoms with E-state index in [0.717, 1.165) is 4.47 Å². The molecule has 0 spiro atoms. The quantitative estimate of drug-likeness (QED) is 0.716. The van der Waals surface area contributed by atoms with Crippen LogP contribution in [0.15, 0.2) is 40.9 Å². The highest BCUT2D eigenvalue weighted by Crippen LogP contribution is 2.27. The summed E-state index contributed by atoms with van der Waals surface area (Å²) in [6, 6.07) is 9.86. The standard InChI is InChI=1S/C13H7BrCl3NO/c14-7-1-3-11(17)12(5-7)18-13(19)9-6-8(15)2-4-10(9)16/h1-6H,(H,18,19). The van der Waals surface area contributed by atoms with Gasteiger partial charge in [0.25, 0.3) is 5.91 Å². The maximum absolute atomic E-state index is 12.1. The highest BCUT2D eigenvalue weighted by molar-refractivity contribution is 9.10. The molecular weight excluding hydrogens is 372 g/mol. The Morgan fingerprint density at radius 2 is 1.68 bits per heavy atom. The van der Waals surface area contributed by atoms with E-state index < -0.39 is 0 Å². The topological polar surface area (TPSA) is 29.1 Å². The molecular formula is C13H7BrCl3NO. The molecule has 0 radical (unpaired) electrons. The van der Waals surface area contributed by atoms with Crippen molar-refractivity contribution in [3.63, 3.8) is 0 Å². The zero-order valence-electron chi connectivity index (χ0n) is 9.38. The van der Waals surface area contributed by atoms with Crippen LogP contribution in [0.25, 0.3) is 0 Å². The molecule has 0 aliphatic carbocycles. The fraction of sp³-hybridized carbons (Fsp3) is 0. The van der Waals surface area contributed by atoms with Crippen molar-refractivity contribution in [1.29, 1.82) is 0 Å². The summed E-state index contributed by atoms with van der Waals surface area (Å²) in [7, 11) is 0. The van der Waals surface area contributed by atoms with Gasteiger partial charge in [-0.2, -0.15) is 0 Å². The Balaban J connectivity index is 2.30. The molecule has 2 rings (SSSR count). The van der Waals surface area contributed by atoms with Gasteiger partial charge >= 0.3 is 0 Å². The molecule has 19 heavy (non-hydrogen) atoms. The van der Waals surface area contributed by atoms with Gasteiger partial charge in [0.15, 0.2) is 0 Å². The Bertz CT molecular complexity index is 646. The molecule has 0 saturated heterocycles. The van der Waals surface area contributed by atoms with Crippen LogP contribution in [0.1, 0.15) is 10.4 Å². The summed E-state index contributed by atoms with van der Waals surface area (Å²) in [6.45, 7) is 0. The van der Waals surface area contributed by atoms with Crippen LogP contribution in [0.4, 0.5) is 5.69 Å². The molecule has 2 aromatic rings. The van der Waals surface area contributed by atoms with Gasteiger partial charge < -0.3 is 5.32 Å². The van der Waals surface area contributed by atoms with Gasteiger partial charge in [0.1, 0.15) is 0 Å². The van der Waals surface area contributed by atoms with E-state index in [1.807, 2.05) is 0 Å². The van der Waals surface area contributed by atoms with Crippen molar-refractivity contribution in [1.82, 2.24) is 0 Å². The van der Waals surface area contributed by atoms with Gasteiger partial charge in [0.05, 0.1) is 21.3 Å². The smallest absolute Gasteiger partial charge is 0.257 e. The third kappa shape index (κ3) is 3.63. The number of benzene rings is 2. The van der Waals surface area contributed by atoms with Crippen molar-refractivity contribution >= 4 is 62.3 Å². The lowest BCUT2D eigenvalue weighted by atomic mass is 10.2. The highest BCUT2D eigenvalue weighted by atomic mass is 79.9. The Kier molecular flexibility index (Phi) is 4.74. The number of hydrogen-bond acceptors (Lipinski definition) is 1. The van der Waals surface area contributed by atoms with Crippen molar-refractivity contribution in [3.8, 4) is 0 Å². The average molecular weight is 379 g/mol. The minimum absolute atomic E-state index is 0.296. The maximum atomic E-state index is 12.1. The summed E-state index contributed by atoms with van der Waals surface area (Å²) < 4.78 is 0.810. The summed E-state index contributed by atoms with van der Waals surface area (Å²) in [5.41, 5.74) is 0.794. The first kappa shape index (κ1) is 14.7. The second-order valence-electron chi connectivity index (χ2n) is 3.70. The lowest BCUT2D eigenvalue weighted by molar-refractivity contribution is 0.102. The molecule has 0 fully saturated rings. The number of rotatable bonds is 2. The van der Waals surface area contributed by atoms with Crippen LogP contribution < -0.4 is 5.32 Å². The van der Waals surface area contributed by atoms with Crippen molar-refractivity contribution < 1.29 is 4.79 Å². The third-order valence-corrected chi connectivity index (χ3v) is 3.74. The summed E-state index contributed by atoms with van der Waals surface area (Å²) in [4.78, 5) is 12.1. The number of carbonyl (C=O) groups is 1. The van der Waals surface area contributed by atoms with E-state index in [2.05, 4.69) is 21.2 Å². The van der Waals surface area contributed by atoms with Crippen molar-refractivity contribution in [3.05, 3.63) is 61.5 Å². The van der Waals surface area contributed by atoms with Gasteiger partial charge in [-0.15, -0.1) is 0 Å². The maximum Gasteiger partial charge on any atom is 0.257 e. The number of anilines is 1. The van der Waals surface area contributed by atoms with Gasteiger partial charge in [-0.1, -0.05) is 50.7 Å². The Hall–Kier alpha value is -0.740. The fourth-order valence-electron chi connectivity index (χ4n) is 1.45. The van der Waals surface area contributed by atoms with Crippen LogP contribution in [-0.2, 0) is 0 Å². The highest BCUT2D eigenvalue weighted by Gasteiger charge is 2.13. The van der Waals surface area contributed by atoms with Crippen molar-refractivity contribution in [2.75, 3.05) is 5.32 Å². The Morgan fingerprint density at radius 3 is 2.42 bits per heavy atom. The average Bonchev–Trinajstić information content (AvgIpc) is 2.36. The summed E-state index contributed by atoms with van der Waals surface area (Å²) >= 11 is 21.1. The number of hydrogen-bond donors (Lipinski definition) is 1. The molecule has 0 bridgehead atoms. The van der Waals surface area contributed by atoms with E-state index in [0.29, 0.717) is 26.3 Å². The Labute approximate surface area is 133 Å². The minimum atomic E-state index is -0.368. The zero-order chi connectivity index (χ0) is 14.0. The SMILES string of the molecule is O=C(Nc1cc(Br)ccc1Cl)c1cc(Cl)ccc1Cl. The third-order valence-electron chi connectivity index (χ3n) is 2.35. The first-order valence-electron chi connectivity index (χ1n) is 5.19. The first-order valence-corrected chi connectivity index (χ1v) is 7.11. The van der Waals surface area contributed by atoms with Crippen molar-refractivity contribution in [2.45, 2.75) is 0 Å². The molecule has 0 saturated carbocycles. The lowest BCUT2D eigenvalue weighted by Gasteiger charge is -2.09. The van der Waals surface area contributed by atoms with E-state index in [4.69, 9.17) is 34.8 Å². The van der Waals surface area contributed by atoms with Gasteiger partial charge in [-0.25, -0.2) is 0 Å². The number of carbonyl (C=O) groups excluding carboxylic acids is 1. The van der Waals surface area contributed by atoms with Gasteiger partial charge in [-0.05, 0) is 36.4 Å². The number of nitrogens with one attached hydrogen (secondary N) is 1. The minimum Gasteiger partial charge on any atom is -0.321 e. The van der Waals surface area contributed by atoms with Crippen LogP contribution in [0.2, 0.25) is 15.1 Å². The summed E-state index contributed by atoms with van der Waals surface area (Å²) in [5, 5.41) is 3.90. The predicted octanol–water partition coefficient (Wildman–Crippen LogP) is 5.66. The van der Waals surface area contributed by atoms with Gasteiger partial charge in [0.2, 0.25) is 0 Å². The van der Waals surface area contributed by atoms with E-state index in [9.17, 15) is 4.79 Å². The molecule has 0 aromatic heterocycles. The fourth-order valence-corrected chi connectivity index (χ4v) is 2.36. The molecule has 0 unspecified atom stereocenters. The van der Waals surface area contributed by atoms with Gasteiger partial charge in [0, 0.05) is 9.50 Å². The monoisotopic (exact) mass is 377 g/mol. The molecule has 0 aliphatic rings. The summed E-state index contributed by atoms with van der Waals surface area (Å²) in [6.07, 6.45) is 0. The van der Waals surface area contributed by atoms with Crippen LogP contribution in [-0.4, -0.2) is 5.91 Å². The van der Waals surface area contributed by atoms with E-state index >= 15 is 0 Å². The van der Waals surface area contributed by atoms with Crippen LogP contribution in [0, 0.1) is 0 Å². The van der Waals surface area contributed by atoms with E-state index in [1.54, 1.807) is 30.3 Å². The van der Waals surface area contributed by atoms with E-state index in [1.165, 1.54) is 6.07 Å². The molecule has 2 aromatic carbocycles. The molecule has 1 amide bonds. The normalized spacial score (nSPS) is 10.3. The molecule has 1 N–H and O–H groups in total. The molecule has 6 heteroatoms. The van der Waals surface area contributed by atoms with Crippen LogP contribution >= 0.6 is 50.7 Å². The zero-order valence-corrected chi connectivity index (χ0v) is 13.2. The number of halogens is 4. The molecule has 98 valence electrons. The summed E-state index contributed by atoms with van der Waals surface area (Å²) in [5.74, 6) is -0.368. The molecule has 0 atom stereocenters. The predicted molar refractivity (Wildman–Crippen MR) is 83.6 cm³/mol. The van der Waals surface area contributed by atoms with Gasteiger partial charge in [-0.3, -0.25) is 4.79 Å². The second kappa shape index (κ2) is 6.14. The van der Waals surface area contributed by atoms with E-state index in [-0.39, 0.29) is 5.91 Å².